The van der Waals surface area contributed by atoms with Crippen molar-refractivity contribution >= 4 is 5.97 Å². The second-order valence-electron chi connectivity index (χ2n) is 3.54. The first-order valence-electron chi connectivity index (χ1n) is 5.18. The second kappa shape index (κ2) is 6.12. The van der Waals surface area contributed by atoms with E-state index in [2.05, 4.69) is 4.74 Å². The summed E-state index contributed by atoms with van der Waals surface area (Å²) in [4.78, 5) is 10.9. The van der Waals surface area contributed by atoms with Gasteiger partial charge in [0.1, 0.15) is 5.75 Å². The molecule has 0 aromatic heterocycles. The maximum atomic E-state index is 10.9. The van der Waals surface area contributed by atoms with Crippen molar-refractivity contribution in [3.63, 3.8) is 0 Å². The van der Waals surface area contributed by atoms with E-state index in [1.807, 2.05) is 31.2 Å². The summed E-state index contributed by atoms with van der Waals surface area (Å²) in [5, 5.41) is 0. The van der Waals surface area contributed by atoms with Gasteiger partial charge in [0.2, 0.25) is 0 Å². The van der Waals surface area contributed by atoms with Crippen LogP contribution in [0.25, 0.3) is 0 Å². The zero-order valence-electron chi connectivity index (χ0n) is 9.60. The van der Waals surface area contributed by atoms with E-state index in [0.717, 1.165) is 11.3 Å². The van der Waals surface area contributed by atoms with E-state index in [1.165, 1.54) is 7.11 Å². The van der Waals surface area contributed by atoms with Crippen LogP contribution in [-0.4, -0.2) is 19.7 Å². The topological polar surface area (TPSA) is 61.5 Å². The Bertz CT molecular complexity index is 350. The van der Waals surface area contributed by atoms with E-state index in [-0.39, 0.29) is 18.4 Å². The fraction of sp³-hybridized carbons (Fsp3) is 0.417. The van der Waals surface area contributed by atoms with E-state index >= 15 is 0 Å². The minimum atomic E-state index is -0.275. The van der Waals surface area contributed by atoms with Crippen molar-refractivity contribution in [2.75, 3.05) is 13.7 Å². The maximum absolute atomic E-state index is 10.9. The van der Waals surface area contributed by atoms with Gasteiger partial charge in [0.25, 0.3) is 0 Å². The number of benzene rings is 1. The van der Waals surface area contributed by atoms with Gasteiger partial charge in [-0.05, 0) is 24.6 Å². The monoisotopic (exact) mass is 223 g/mol. The van der Waals surface area contributed by atoms with Crippen molar-refractivity contribution in [3.8, 4) is 5.75 Å². The minimum absolute atomic E-state index is 0.0239. The summed E-state index contributed by atoms with van der Waals surface area (Å²) < 4.78 is 9.92. The van der Waals surface area contributed by atoms with Gasteiger partial charge < -0.3 is 15.2 Å². The third-order valence-corrected chi connectivity index (χ3v) is 2.19. The molecule has 16 heavy (non-hydrogen) atoms. The molecule has 0 saturated carbocycles. The number of carbonyl (C=O) groups is 1. The highest BCUT2D eigenvalue weighted by Crippen LogP contribution is 2.17. The van der Waals surface area contributed by atoms with Crippen molar-refractivity contribution in [1.82, 2.24) is 0 Å². The summed E-state index contributed by atoms with van der Waals surface area (Å²) >= 11 is 0. The van der Waals surface area contributed by atoms with E-state index in [9.17, 15) is 4.79 Å². The van der Waals surface area contributed by atoms with Crippen molar-refractivity contribution in [2.45, 2.75) is 19.4 Å². The fourth-order valence-corrected chi connectivity index (χ4v) is 1.24. The number of methoxy groups -OCH3 is 1. The molecule has 0 heterocycles. The van der Waals surface area contributed by atoms with Gasteiger partial charge in [-0.15, -0.1) is 0 Å². The molecule has 88 valence electrons. The Morgan fingerprint density at radius 3 is 2.88 bits per heavy atom. The van der Waals surface area contributed by atoms with Crippen LogP contribution in [-0.2, 0) is 9.53 Å². The molecule has 4 heteroatoms. The van der Waals surface area contributed by atoms with Crippen LogP contribution in [0.4, 0.5) is 0 Å². The molecule has 0 aliphatic heterocycles. The van der Waals surface area contributed by atoms with E-state index in [1.54, 1.807) is 0 Å². The van der Waals surface area contributed by atoms with Gasteiger partial charge in [0.05, 0.1) is 20.1 Å². The van der Waals surface area contributed by atoms with Gasteiger partial charge in [0, 0.05) is 6.04 Å². The molecule has 1 rings (SSSR count). The number of esters is 1. The lowest BCUT2D eigenvalue weighted by Crippen LogP contribution is -2.08. The number of hydrogen-bond acceptors (Lipinski definition) is 4. The zero-order valence-corrected chi connectivity index (χ0v) is 9.60. The van der Waals surface area contributed by atoms with Gasteiger partial charge in [-0.25, -0.2) is 0 Å². The van der Waals surface area contributed by atoms with E-state index < -0.39 is 0 Å². The van der Waals surface area contributed by atoms with Crippen molar-refractivity contribution in [1.29, 1.82) is 0 Å². The SMILES string of the molecule is COC(=O)CCOc1cccc(C(C)N)c1. The second-order valence-corrected chi connectivity index (χ2v) is 3.54. The summed E-state index contributed by atoms with van der Waals surface area (Å²) in [6.07, 6.45) is 0.249. The van der Waals surface area contributed by atoms with Crippen LogP contribution in [0.2, 0.25) is 0 Å². The van der Waals surface area contributed by atoms with Gasteiger partial charge in [-0.1, -0.05) is 12.1 Å². The van der Waals surface area contributed by atoms with Gasteiger partial charge in [-0.3, -0.25) is 4.79 Å². The van der Waals surface area contributed by atoms with E-state index in [4.69, 9.17) is 10.5 Å². The van der Waals surface area contributed by atoms with Crippen LogP contribution in [0.1, 0.15) is 24.9 Å². The number of carbonyl (C=O) groups excluding carboxylic acids is 1. The molecule has 0 amide bonds. The molecule has 0 radical (unpaired) electrons. The van der Waals surface area contributed by atoms with Gasteiger partial charge in [-0.2, -0.15) is 0 Å². The third-order valence-electron chi connectivity index (χ3n) is 2.19. The molecule has 0 bridgehead atoms. The van der Waals surface area contributed by atoms with Crippen LogP contribution >= 0.6 is 0 Å². The van der Waals surface area contributed by atoms with Crippen LogP contribution in [0.15, 0.2) is 24.3 Å². The standard InChI is InChI=1S/C12H17NO3/c1-9(13)10-4-3-5-11(8-10)16-7-6-12(14)15-2/h3-5,8-9H,6-7,13H2,1-2H3. The number of nitrogens with two attached hydrogens (primary N) is 1. The highest BCUT2D eigenvalue weighted by molar-refractivity contribution is 5.69. The molecule has 4 nitrogen and oxygen atoms in total. The molecule has 1 atom stereocenters. The number of ether oxygens (including phenoxy) is 2. The van der Waals surface area contributed by atoms with Crippen molar-refractivity contribution in [3.05, 3.63) is 29.8 Å². The lowest BCUT2D eigenvalue weighted by molar-refractivity contribution is -0.141. The number of hydrogen-bond donors (Lipinski definition) is 1. The van der Waals surface area contributed by atoms with Gasteiger partial charge in [0.15, 0.2) is 0 Å². The Hall–Kier alpha value is -1.55. The van der Waals surface area contributed by atoms with Crippen molar-refractivity contribution < 1.29 is 14.3 Å². The average Bonchev–Trinajstić information content (AvgIpc) is 2.29. The molecule has 1 aromatic carbocycles. The summed E-state index contributed by atoms with van der Waals surface area (Å²) in [6, 6.07) is 7.51. The molecular formula is C12H17NO3. The summed E-state index contributed by atoms with van der Waals surface area (Å²) in [5.41, 5.74) is 6.76. The van der Waals surface area contributed by atoms with Crippen LogP contribution in [0.5, 0.6) is 5.75 Å². The molecule has 0 saturated heterocycles. The quantitative estimate of drug-likeness (QED) is 0.771. The third kappa shape index (κ3) is 3.90. The molecule has 1 aromatic rings. The maximum Gasteiger partial charge on any atom is 0.308 e. The average molecular weight is 223 g/mol. The van der Waals surface area contributed by atoms with Crippen molar-refractivity contribution in [2.24, 2.45) is 5.73 Å². The number of rotatable bonds is 5. The predicted molar refractivity (Wildman–Crippen MR) is 61.2 cm³/mol. The smallest absolute Gasteiger partial charge is 0.308 e. The van der Waals surface area contributed by atoms with Crippen LogP contribution in [0.3, 0.4) is 0 Å². The Balaban J connectivity index is 2.48. The lowest BCUT2D eigenvalue weighted by Gasteiger charge is -2.09. The largest absolute Gasteiger partial charge is 0.493 e. The van der Waals surface area contributed by atoms with E-state index in [0.29, 0.717) is 6.61 Å². The summed E-state index contributed by atoms with van der Waals surface area (Å²) in [6.45, 7) is 2.22. The minimum Gasteiger partial charge on any atom is -0.493 e. The zero-order chi connectivity index (χ0) is 12.0. The molecule has 2 N–H and O–H groups in total. The normalized spacial score (nSPS) is 11.9. The Labute approximate surface area is 95.3 Å². The fourth-order valence-electron chi connectivity index (χ4n) is 1.24. The first-order valence-corrected chi connectivity index (χ1v) is 5.18. The lowest BCUT2D eigenvalue weighted by atomic mass is 10.1. The molecular weight excluding hydrogens is 206 g/mol. The molecule has 0 fully saturated rings. The molecule has 0 spiro atoms. The Morgan fingerprint density at radius 1 is 1.50 bits per heavy atom. The first kappa shape index (κ1) is 12.5. The highest BCUT2D eigenvalue weighted by atomic mass is 16.5. The molecule has 1 unspecified atom stereocenters. The van der Waals surface area contributed by atoms with Crippen LogP contribution < -0.4 is 10.5 Å². The van der Waals surface area contributed by atoms with Crippen LogP contribution in [0, 0.1) is 0 Å². The summed E-state index contributed by atoms with van der Waals surface area (Å²) in [5.74, 6) is 0.446. The Kier molecular flexibility index (Phi) is 4.79. The predicted octanol–water partition coefficient (Wildman–Crippen LogP) is 1.65. The molecule has 0 aliphatic rings. The Morgan fingerprint density at radius 2 is 2.25 bits per heavy atom. The highest BCUT2D eigenvalue weighted by Gasteiger charge is 2.03. The van der Waals surface area contributed by atoms with Gasteiger partial charge >= 0.3 is 5.97 Å². The molecule has 0 aliphatic carbocycles. The summed E-state index contributed by atoms with van der Waals surface area (Å²) in [7, 11) is 1.36. The first-order chi connectivity index (χ1) is 7.63.